The lowest BCUT2D eigenvalue weighted by Crippen LogP contribution is -2.34. The van der Waals surface area contributed by atoms with Crippen molar-refractivity contribution in [2.45, 2.75) is 31.2 Å². The first-order chi connectivity index (χ1) is 14.8. The number of rotatable bonds is 7. The van der Waals surface area contributed by atoms with Crippen LogP contribution in [-0.2, 0) is 11.4 Å². The van der Waals surface area contributed by atoms with Gasteiger partial charge in [-0.2, -0.15) is 0 Å². The molecule has 30 heavy (non-hydrogen) atoms. The third kappa shape index (κ3) is 4.71. The average molecular weight is 418 g/mol. The molecule has 0 radical (unpaired) electrons. The zero-order valence-electron chi connectivity index (χ0n) is 17.2. The molecule has 1 amide bonds. The molecule has 0 aliphatic carbocycles. The number of carbonyl (C=O) groups excluding carboxylic acids is 1. The van der Waals surface area contributed by atoms with Crippen LogP contribution in [0.5, 0.6) is 5.75 Å². The molecule has 4 rings (SSSR count). The number of hydrogen-bond donors (Lipinski definition) is 0. The van der Waals surface area contributed by atoms with E-state index in [1.54, 1.807) is 0 Å². The van der Waals surface area contributed by atoms with Gasteiger partial charge in [0.2, 0.25) is 5.91 Å². The summed E-state index contributed by atoms with van der Waals surface area (Å²) in [6.45, 7) is 3.44. The summed E-state index contributed by atoms with van der Waals surface area (Å²) < 4.78 is 5.91. The molecule has 1 aliphatic rings. The molecule has 0 aromatic heterocycles. The van der Waals surface area contributed by atoms with Crippen LogP contribution in [0.4, 0.5) is 0 Å². The molecule has 4 heteroatoms. The summed E-state index contributed by atoms with van der Waals surface area (Å²) in [6.07, 6.45) is 0.809. The monoisotopic (exact) mass is 417 g/mol. The smallest absolute Gasteiger partial charge is 0.231 e. The predicted octanol–water partition coefficient (Wildman–Crippen LogP) is 6.03. The van der Waals surface area contributed by atoms with Crippen molar-refractivity contribution in [2.75, 3.05) is 12.3 Å². The van der Waals surface area contributed by atoms with Gasteiger partial charge in [0.15, 0.2) is 0 Å². The molecular weight excluding hydrogens is 390 g/mol. The van der Waals surface area contributed by atoms with Crippen molar-refractivity contribution < 1.29 is 9.53 Å². The van der Waals surface area contributed by atoms with Gasteiger partial charge in [-0.05, 0) is 35.2 Å². The molecule has 0 saturated carbocycles. The van der Waals surface area contributed by atoms with Gasteiger partial charge in [0.05, 0.1) is 5.92 Å². The number of amides is 1. The lowest BCUT2D eigenvalue weighted by molar-refractivity contribution is -0.133. The van der Waals surface area contributed by atoms with E-state index in [4.69, 9.17) is 4.74 Å². The summed E-state index contributed by atoms with van der Waals surface area (Å²) >= 11 is 1.84. The Balaban J connectivity index is 1.44. The number of benzene rings is 3. The quantitative estimate of drug-likeness (QED) is 0.470. The first-order valence-electron chi connectivity index (χ1n) is 10.5. The lowest BCUT2D eigenvalue weighted by atomic mass is 9.95. The van der Waals surface area contributed by atoms with Crippen molar-refractivity contribution in [2.24, 2.45) is 0 Å². The SMILES string of the molecule is CCC(C(=O)N1CCSC1c1ccc(OCc2ccccc2)cc1)c1ccccc1. The van der Waals surface area contributed by atoms with E-state index in [0.29, 0.717) is 6.61 Å². The van der Waals surface area contributed by atoms with E-state index in [1.165, 1.54) is 0 Å². The zero-order chi connectivity index (χ0) is 20.8. The normalized spacial score (nSPS) is 17.0. The second kappa shape index (κ2) is 9.86. The summed E-state index contributed by atoms with van der Waals surface area (Å²) in [6, 6.07) is 28.5. The summed E-state index contributed by atoms with van der Waals surface area (Å²) in [5, 5.41) is 0.0680. The van der Waals surface area contributed by atoms with Crippen LogP contribution in [0.25, 0.3) is 0 Å². The fourth-order valence-corrected chi connectivity index (χ4v) is 5.14. The molecule has 1 saturated heterocycles. The van der Waals surface area contributed by atoms with Crippen LogP contribution in [0.1, 0.15) is 41.3 Å². The molecule has 2 unspecified atom stereocenters. The van der Waals surface area contributed by atoms with Gasteiger partial charge in [-0.15, -0.1) is 11.8 Å². The Kier molecular flexibility index (Phi) is 6.75. The number of carbonyl (C=O) groups is 1. The van der Waals surface area contributed by atoms with Crippen LogP contribution in [0.3, 0.4) is 0 Å². The molecule has 0 N–H and O–H groups in total. The fraction of sp³-hybridized carbons (Fsp3) is 0.269. The first kappa shape index (κ1) is 20.5. The van der Waals surface area contributed by atoms with Gasteiger partial charge in [0.25, 0.3) is 0 Å². The molecule has 0 spiro atoms. The van der Waals surface area contributed by atoms with Gasteiger partial charge in [-0.1, -0.05) is 79.7 Å². The number of hydrogen-bond acceptors (Lipinski definition) is 3. The van der Waals surface area contributed by atoms with E-state index in [1.807, 2.05) is 65.2 Å². The maximum absolute atomic E-state index is 13.4. The second-order valence-electron chi connectivity index (χ2n) is 7.47. The minimum absolute atomic E-state index is 0.0680. The third-order valence-electron chi connectivity index (χ3n) is 5.50. The number of ether oxygens (including phenoxy) is 1. The first-order valence-corrected chi connectivity index (χ1v) is 11.5. The van der Waals surface area contributed by atoms with Crippen LogP contribution in [0, 0.1) is 0 Å². The van der Waals surface area contributed by atoms with Gasteiger partial charge < -0.3 is 9.64 Å². The summed E-state index contributed by atoms with van der Waals surface area (Å²) in [5.41, 5.74) is 3.40. The summed E-state index contributed by atoms with van der Waals surface area (Å²) in [4.78, 5) is 15.4. The third-order valence-corrected chi connectivity index (χ3v) is 6.76. The summed E-state index contributed by atoms with van der Waals surface area (Å²) in [7, 11) is 0. The van der Waals surface area contributed by atoms with Crippen LogP contribution in [-0.4, -0.2) is 23.1 Å². The Labute approximate surface area is 183 Å². The van der Waals surface area contributed by atoms with E-state index in [0.717, 1.165) is 41.2 Å². The molecular formula is C26H27NO2S. The molecule has 154 valence electrons. The van der Waals surface area contributed by atoms with Gasteiger partial charge >= 0.3 is 0 Å². The second-order valence-corrected chi connectivity index (χ2v) is 8.66. The number of nitrogens with zero attached hydrogens (tertiary/aromatic N) is 1. The maximum atomic E-state index is 13.4. The molecule has 3 aromatic rings. The fourth-order valence-electron chi connectivity index (χ4n) is 3.88. The van der Waals surface area contributed by atoms with Gasteiger partial charge in [-0.25, -0.2) is 0 Å². The van der Waals surface area contributed by atoms with E-state index >= 15 is 0 Å². The Morgan fingerprint density at radius 3 is 2.33 bits per heavy atom. The van der Waals surface area contributed by atoms with E-state index in [2.05, 4.69) is 43.3 Å². The van der Waals surface area contributed by atoms with E-state index in [-0.39, 0.29) is 17.2 Å². The molecule has 3 aromatic carbocycles. The van der Waals surface area contributed by atoms with Crippen molar-refractivity contribution in [3.8, 4) is 5.75 Å². The van der Waals surface area contributed by atoms with Gasteiger partial charge in [0, 0.05) is 12.3 Å². The Hall–Kier alpha value is -2.72. The minimum Gasteiger partial charge on any atom is -0.489 e. The largest absolute Gasteiger partial charge is 0.489 e. The Bertz CT molecular complexity index is 944. The van der Waals surface area contributed by atoms with E-state index in [9.17, 15) is 4.79 Å². The van der Waals surface area contributed by atoms with Gasteiger partial charge in [0.1, 0.15) is 17.7 Å². The van der Waals surface area contributed by atoms with Crippen LogP contribution < -0.4 is 4.74 Å². The van der Waals surface area contributed by atoms with Crippen LogP contribution >= 0.6 is 11.8 Å². The van der Waals surface area contributed by atoms with Crippen molar-refractivity contribution in [3.63, 3.8) is 0 Å². The molecule has 1 aliphatic heterocycles. The average Bonchev–Trinajstić information content (AvgIpc) is 3.30. The van der Waals surface area contributed by atoms with Crippen molar-refractivity contribution >= 4 is 17.7 Å². The van der Waals surface area contributed by atoms with E-state index < -0.39 is 0 Å². The Morgan fingerprint density at radius 1 is 1.00 bits per heavy atom. The van der Waals surface area contributed by atoms with Crippen molar-refractivity contribution in [1.29, 1.82) is 0 Å². The predicted molar refractivity (Wildman–Crippen MR) is 124 cm³/mol. The highest BCUT2D eigenvalue weighted by atomic mass is 32.2. The molecule has 1 fully saturated rings. The standard InChI is InChI=1S/C26H27NO2S/c1-2-24(21-11-7-4-8-12-21)25(28)27-17-18-30-26(27)22-13-15-23(16-14-22)29-19-20-9-5-3-6-10-20/h3-16,24,26H,2,17-19H2,1H3. The zero-order valence-corrected chi connectivity index (χ0v) is 18.1. The van der Waals surface area contributed by atoms with Crippen LogP contribution in [0.15, 0.2) is 84.9 Å². The molecule has 1 heterocycles. The number of thioether (sulfide) groups is 1. The topological polar surface area (TPSA) is 29.5 Å². The summed E-state index contributed by atoms with van der Waals surface area (Å²) in [5.74, 6) is 1.96. The highest BCUT2D eigenvalue weighted by Crippen LogP contribution is 2.40. The Morgan fingerprint density at radius 2 is 1.67 bits per heavy atom. The lowest BCUT2D eigenvalue weighted by Gasteiger charge is -2.28. The molecule has 2 atom stereocenters. The minimum atomic E-state index is -0.0825. The highest BCUT2D eigenvalue weighted by Gasteiger charge is 2.34. The van der Waals surface area contributed by atoms with Gasteiger partial charge in [-0.3, -0.25) is 4.79 Å². The van der Waals surface area contributed by atoms with Crippen molar-refractivity contribution in [3.05, 3.63) is 102 Å². The van der Waals surface area contributed by atoms with Crippen molar-refractivity contribution in [1.82, 2.24) is 4.90 Å². The maximum Gasteiger partial charge on any atom is 0.231 e. The highest BCUT2D eigenvalue weighted by molar-refractivity contribution is 7.99. The molecule has 0 bridgehead atoms. The molecule has 3 nitrogen and oxygen atoms in total. The van der Waals surface area contributed by atoms with Crippen LogP contribution in [0.2, 0.25) is 0 Å².